The number of carbonyl (C=O) groups excluding carboxylic acids is 1. The largest absolute Gasteiger partial charge is 0.449 e. The molecule has 0 saturated carbocycles. The van der Waals surface area contributed by atoms with Gasteiger partial charge in [-0.1, -0.05) is 35.3 Å². The van der Waals surface area contributed by atoms with Crippen molar-refractivity contribution in [2.24, 2.45) is 0 Å². The maximum Gasteiger partial charge on any atom is 0.449 e. The van der Waals surface area contributed by atoms with Gasteiger partial charge in [-0.25, -0.2) is 4.98 Å². The molecule has 1 aromatic heterocycles. The summed E-state index contributed by atoms with van der Waals surface area (Å²) in [6, 6.07) is 8.84. The van der Waals surface area contributed by atoms with E-state index >= 15 is 0 Å². The molecule has 0 aliphatic rings. The lowest BCUT2D eigenvalue weighted by atomic mass is 10.2. The predicted molar refractivity (Wildman–Crippen MR) is 101 cm³/mol. The third-order valence-electron chi connectivity index (χ3n) is 3.92. The number of hydrogen-bond acceptors (Lipinski definition) is 3. The van der Waals surface area contributed by atoms with Crippen LogP contribution in [0.1, 0.15) is 23.1 Å². The van der Waals surface area contributed by atoms with Crippen molar-refractivity contribution in [2.75, 3.05) is 5.32 Å². The first-order chi connectivity index (χ1) is 13.1. The minimum atomic E-state index is -4.73. The van der Waals surface area contributed by atoms with Crippen LogP contribution in [-0.2, 0) is 12.7 Å². The van der Waals surface area contributed by atoms with Crippen LogP contribution < -0.4 is 5.32 Å². The average molecular weight is 432 g/mol. The molecule has 0 bridgehead atoms. The molecule has 1 atom stereocenters. The molecule has 10 heteroatoms. The number of carbonyl (C=O) groups is 1. The lowest BCUT2D eigenvalue weighted by Gasteiger charge is -2.13. The van der Waals surface area contributed by atoms with Crippen molar-refractivity contribution >= 4 is 45.8 Å². The molecule has 0 aliphatic heterocycles. The molecular formula is C18H14Cl2F3N3O2. The molecule has 2 aromatic carbocycles. The summed E-state index contributed by atoms with van der Waals surface area (Å²) in [4.78, 5) is 16.3. The Hall–Kier alpha value is -2.29. The molecule has 1 heterocycles. The standard InChI is InChI=1S/C18H14Cl2F3N3O2/c1-9(27)8-26-13-7-3-6-12(15(13)25-17(26)18(21,22)23)24-16(28)14-10(19)4-2-5-11(14)20/h2-7,9,27H,8H2,1H3,(H,24,28). The Labute approximate surface area is 167 Å². The van der Waals surface area contributed by atoms with E-state index in [1.54, 1.807) is 6.07 Å². The van der Waals surface area contributed by atoms with Crippen molar-refractivity contribution in [3.8, 4) is 0 Å². The number of anilines is 1. The smallest absolute Gasteiger partial charge is 0.392 e. The molecule has 3 aromatic rings. The molecule has 0 saturated heterocycles. The highest BCUT2D eigenvalue weighted by atomic mass is 35.5. The number of benzene rings is 2. The van der Waals surface area contributed by atoms with Crippen LogP contribution in [0.5, 0.6) is 0 Å². The van der Waals surface area contributed by atoms with Crippen LogP contribution in [0.3, 0.4) is 0 Å². The SMILES string of the molecule is CC(O)Cn1c(C(F)(F)F)nc2c(NC(=O)c3c(Cl)cccc3Cl)cccc21. The Morgan fingerprint density at radius 3 is 2.39 bits per heavy atom. The zero-order valence-corrected chi connectivity index (χ0v) is 15.9. The van der Waals surface area contributed by atoms with E-state index in [0.717, 1.165) is 4.57 Å². The number of nitrogens with zero attached hydrogens (tertiary/aromatic N) is 2. The van der Waals surface area contributed by atoms with Crippen molar-refractivity contribution in [3.05, 3.63) is 57.8 Å². The van der Waals surface area contributed by atoms with E-state index in [0.29, 0.717) is 0 Å². The molecular weight excluding hydrogens is 418 g/mol. The van der Waals surface area contributed by atoms with Crippen LogP contribution in [-0.4, -0.2) is 26.7 Å². The van der Waals surface area contributed by atoms with E-state index in [1.807, 2.05) is 0 Å². The highest BCUT2D eigenvalue weighted by Gasteiger charge is 2.38. The summed E-state index contributed by atoms with van der Waals surface area (Å²) in [7, 11) is 0. The first-order valence-electron chi connectivity index (χ1n) is 8.09. The normalized spacial score (nSPS) is 13.0. The monoisotopic (exact) mass is 431 g/mol. The van der Waals surface area contributed by atoms with E-state index < -0.39 is 24.0 Å². The van der Waals surface area contributed by atoms with Gasteiger partial charge in [-0.15, -0.1) is 0 Å². The lowest BCUT2D eigenvalue weighted by molar-refractivity contribution is -0.147. The molecule has 0 spiro atoms. The van der Waals surface area contributed by atoms with Crippen LogP contribution in [0.2, 0.25) is 10.0 Å². The van der Waals surface area contributed by atoms with Crippen LogP contribution in [0.25, 0.3) is 11.0 Å². The third-order valence-corrected chi connectivity index (χ3v) is 4.55. The number of aliphatic hydroxyl groups excluding tert-OH is 1. The van der Waals surface area contributed by atoms with Crippen molar-refractivity contribution in [1.29, 1.82) is 0 Å². The summed E-state index contributed by atoms with van der Waals surface area (Å²) in [6.07, 6.45) is -5.76. The first-order valence-corrected chi connectivity index (χ1v) is 8.85. The van der Waals surface area contributed by atoms with Gasteiger partial charge in [-0.2, -0.15) is 13.2 Å². The van der Waals surface area contributed by atoms with E-state index in [4.69, 9.17) is 23.2 Å². The van der Waals surface area contributed by atoms with E-state index in [1.165, 1.54) is 37.3 Å². The average Bonchev–Trinajstić information content (AvgIpc) is 2.94. The van der Waals surface area contributed by atoms with Gasteiger partial charge in [0.2, 0.25) is 5.82 Å². The Balaban J connectivity index is 2.10. The minimum absolute atomic E-state index is 0.00212. The minimum Gasteiger partial charge on any atom is -0.392 e. The molecule has 148 valence electrons. The van der Waals surface area contributed by atoms with Gasteiger partial charge in [0.25, 0.3) is 5.91 Å². The van der Waals surface area contributed by atoms with Crippen LogP contribution >= 0.6 is 23.2 Å². The van der Waals surface area contributed by atoms with Crippen molar-refractivity contribution in [3.63, 3.8) is 0 Å². The fourth-order valence-electron chi connectivity index (χ4n) is 2.81. The molecule has 0 aliphatic carbocycles. The van der Waals surface area contributed by atoms with Crippen molar-refractivity contribution in [2.45, 2.75) is 25.7 Å². The molecule has 2 N–H and O–H groups in total. The zero-order chi connectivity index (χ0) is 20.6. The van der Waals surface area contributed by atoms with Gasteiger partial charge >= 0.3 is 6.18 Å². The van der Waals surface area contributed by atoms with E-state index in [2.05, 4.69) is 10.3 Å². The van der Waals surface area contributed by atoms with Crippen LogP contribution in [0.4, 0.5) is 18.9 Å². The number of fused-ring (bicyclic) bond motifs is 1. The maximum absolute atomic E-state index is 13.4. The Bertz CT molecular complexity index is 1030. The van der Waals surface area contributed by atoms with Crippen LogP contribution in [0, 0.1) is 0 Å². The number of aliphatic hydroxyl groups is 1. The van der Waals surface area contributed by atoms with Gasteiger partial charge in [0, 0.05) is 0 Å². The summed E-state index contributed by atoms with van der Waals surface area (Å²) < 4.78 is 41.1. The second-order valence-corrected chi connectivity index (χ2v) is 6.93. The van der Waals surface area contributed by atoms with Crippen molar-refractivity contribution in [1.82, 2.24) is 9.55 Å². The van der Waals surface area contributed by atoms with Crippen molar-refractivity contribution < 1.29 is 23.1 Å². The van der Waals surface area contributed by atoms with Gasteiger partial charge in [0.1, 0.15) is 5.52 Å². The fraction of sp³-hybridized carbons (Fsp3) is 0.222. The van der Waals surface area contributed by atoms with Gasteiger partial charge in [-0.05, 0) is 31.2 Å². The molecule has 28 heavy (non-hydrogen) atoms. The van der Waals surface area contributed by atoms with Crippen LogP contribution in [0.15, 0.2) is 36.4 Å². The highest BCUT2D eigenvalue weighted by Crippen LogP contribution is 2.34. The highest BCUT2D eigenvalue weighted by molar-refractivity contribution is 6.40. The summed E-state index contributed by atoms with van der Waals surface area (Å²) in [5.74, 6) is -1.84. The van der Waals surface area contributed by atoms with Gasteiger partial charge in [0.05, 0.1) is 39.5 Å². The van der Waals surface area contributed by atoms with Gasteiger partial charge in [0.15, 0.2) is 0 Å². The molecule has 1 amide bonds. The van der Waals surface area contributed by atoms with E-state index in [-0.39, 0.29) is 38.9 Å². The maximum atomic E-state index is 13.4. The first kappa shape index (κ1) is 20.4. The molecule has 1 unspecified atom stereocenters. The Morgan fingerprint density at radius 1 is 1.21 bits per heavy atom. The number of hydrogen-bond donors (Lipinski definition) is 2. The lowest BCUT2D eigenvalue weighted by Crippen LogP contribution is -2.20. The van der Waals surface area contributed by atoms with E-state index in [9.17, 15) is 23.1 Å². The topological polar surface area (TPSA) is 67.2 Å². The summed E-state index contributed by atoms with van der Waals surface area (Å²) >= 11 is 12.0. The molecule has 3 rings (SSSR count). The Kier molecular flexibility index (Phi) is 5.56. The third kappa shape index (κ3) is 3.94. The number of amides is 1. The summed E-state index contributed by atoms with van der Waals surface area (Å²) in [6.45, 7) is 1.07. The number of nitrogens with one attached hydrogen (secondary N) is 1. The zero-order valence-electron chi connectivity index (χ0n) is 14.4. The van der Waals surface area contributed by atoms with Gasteiger partial charge < -0.3 is 15.0 Å². The number of alkyl halides is 3. The molecule has 0 radical (unpaired) electrons. The second-order valence-electron chi connectivity index (χ2n) is 6.12. The Morgan fingerprint density at radius 2 is 1.82 bits per heavy atom. The summed E-state index contributed by atoms with van der Waals surface area (Å²) in [5, 5.41) is 12.3. The predicted octanol–water partition coefficient (Wildman–Crippen LogP) is 5.00. The number of aromatic nitrogens is 2. The quantitative estimate of drug-likeness (QED) is 0.610. The molecule has 5 nitrogen and oxygen atoms in total. The number of halogens is 5. The number of rotatable bonds is 4. The second kappa shape index (κ2) is 7.62. The number of imidazole rings is 1. The fourth-order valence-corrected chi connectivity index (χ4v) is 3.38. The van der Waals surface area contributed by atoms with Gasteiger partial charge in [-0.3, -0.25) is 4.79 Å². The molecule has 0 fully saturated rings. The summed E-state index contributed by atoms with van der Waals surface area (Å²) in [5.41, 5.74) is 0.124. The number of para-hydroxylation sites is 1.